The number of amides is 1. The number of benzene rings is 2. The maximum Gasteiger partial charge on any atom is 0.255 e. The number of aliphatic hydroxyl groups is 1. The minimum Gasteiger partial charge on any atom is -0.497 e. The van der Waals surface area contributed by atoms with Crippen molar-refractivity contribution in [3.05, 3.63) is 64.4 Å². The summed E-state index contributed by atoms with van der Waals surface area (Å²) in [5.41, 5.74) is 0.935. The van der Waals surface area contributed by atoms with Gasteiger partial charge in [0.15, 0.2) is 0 Å². The number of methoxy groups -OCH3 is 1. The minimum atomic E-state index is -0.547. The number of ether oxygens (including phenoxy) is 1. The van der Waals surface area contributed by atoms with Crippen LogP contribution in [-0.4, -0.2) is 36.7 Å². The van der Waals surface area contributed by atoms with E-state index >= 15 is 0 Å². The number of halogens is 2. The summed E-state index contributed by atoms with van der Waals surface area (Å²) in [7, 11) is 3.12. The Kier molecular flexibility index (Phi) is 5.58. The number of nitrogens with zero attached hydrogens (tertiary/aromatic N) is 1. The first-order valence-corrected chi connectivity index (χ1v) is 7.32. The maximum absolute atomic E-state index is 13.1. The van der Waals surface area contributed by atoms with E-state index in [1.807, 2.05) is 0 Å². The molecule has 0 aromatic heterocycles. The second-order valence-corrected chi connectivity index (χ2v) is 5.42. The molecule has 122 valence electrons. The average molecular weight is 338 g/mol. The van der Waals surface area contributed by atoms with Crippen LogP contribution >= 0.6 is 11.6 Å². The third-order valence-electron chi connectivity index (χ3n) is 3.62. The predicted molar refractivity (Wildman–Crippen MR) is 86.3 cm³/mol. The Bertz CT molecular complexity index is 691. The van der Waals surface area contributed by atoms with Gasteiger partial charge in [-0.3, -0.25) is 4.79 Å². The number of aliphatic hydroxyl groups excluding tert-OH is 1. The van der Waals surface area contributed by atoms with Crippen molar-refractivity contribution in [1.82, 2.24) is 4.90 Å². The van der Waals surface area contributed by atoms with Crippen LogP contribution in [0.4, 0.5) is 4.39 Å². The number of rotatable bonds is 5. The van der Waals surface area contributed by atoms with Gasteiger partial charge in [-0.15, -0.1) is 0 Å². The Morgan fingerprint density at radius 2 is 1.96 bits per heavy atom. The van der Waals surface area contributed by atoms with Crippen molar-refractivity contribution < 1.29 is 19.0 Å². The van der Waals surface area contributed by atoms with E-state index in [0.717, 1.165) is 11.6 Å². The Balaban J connectivity index is 2.27. The van der Waals surface area contributed by atoms with E-state index in [1.165, 1.54) is 17.0 Å². The van der Waals surface area contributed by atoms with Crippen molar-refractivity contribution >= 4 is 17.5 Å². The largest absolute Gasteiger partial charge is 0.497 e. The first kappa shape index (κ1) is 17.2. The van der Waals surface area contributed by atoms with E-state index in [2.05, 4.69) is 0 Å². The van der Waals surface area contributed by atoms with E-state index in [1.54, 1.807) is 38.4 Å². The van der Waals surface area contributed by atoms with Crippen LogP contribution in [0, 0.1) is 5.82 Å². The van der Waals surface area contributed by atoms with Crippen molar-refractivity contribution in [2.75, 3.05) is 20.8 Å². The minimum absolute atomic E-state index is 0.0354. The molecule has 0 spiro atoms. The second kappa shape index (κ2) is 7.44. The summed E-state index contributed by atoms with van der Waals surface area (Å²) < 4.78 is 18.2. The molecule has 0 radical (unpaired) electrons. The number of likely N-dealkylation sites (N-methyl/N-ethyl adjacent to an activating group) is 1. The van der Waals surface area contributed by atoms with Crippen LogP contribution in [0.1, 0.15) is 22.0 Å². The number of carbonyl (C=O) groups excluding carboxylic acids is 1. The summed E-state index contributed by atoms with van der Waals surface area (Å²) in [6.45, 7) is -0.257. The molecule has 0 aliphatic rings. The lowest BCUT2D eigenvalue weighted by Gasteiger charge is -2.27. The molecule has 2 rings (SSSR count). The van der Waals surface area contributed by atoms with Crippen molar-refractivity contribution in [3.63, 3.8) is 0 Å². The zero-order chi connectivity index (χ0) is 17.0. The van der Waals surface area contributed by atoms with Gasteiger partial charge in [-0.1, -0.05) is 23.7 Å². The van der Waals surface area contributed by atoms with Crippen LogP contribution in [-0.2, 0) is 0 Å². The van der Waals surface area contributed by atoms with Gasteiger partial charge in [0.1, 0.15) is 11.6 Å². The standard InChI is InChI=1S/C17H17ClFNO3/c1-20(17(22)14-8-5-12(19)9-15(14)18)16(10-21)11-3-6-13(23-2)7-4-11/h3-9,16,21H,10H2,1-2H3/t16-/m0/s1. The molecule has 0 unspecified atom stereocenters. The quantitative estimate of drug-likeness (QED) is 0.910. The molecule has 23 heavy (non-hydrogen) atoms. The molecule has 2 aromatic rings. The number of hydrogen-bond acceptors (Lipinski definition) is 3. The molecule has 0 fully saturated rings. The number of hydrogen-bond donors (Lipinski definition) is 1. The Labute approximate surface area is 139 Å². The first-order valence-electron chi connectivity index (χ1n) is 6.95. The smallest absolute Gasteiger partial charge is 0.255 e. The summed E-state index contributed by atoms with van der Waals surface area (Å²) >= 11 is 5.94. The molecule has 0 heterocycles. The highest BCUT2D eigenvalue weighted by molar-refractivity contribution is 6.33. The summed E-state index contributed by atoms with van der Waals surface area (Å²) in [5, 5.41) is 9.70. The average Bonchev–Trinajstić information content (AvgIpc) is 2.55. The molecule has 1 N–H and O–H groups in total. The Hall–Kier alpha value is -2.11. The zero-order valence-electron chi connectivity index (χ0n) is 12.8. The van der Waals surface area contributed by atoms with Gasteiger partial charge in [-0.25, -0.2) is 4.39 Å². The fraction of sp³-hybridized carbons (Fsp3) is 0.235. The fourth-order valence-electron chi connectivity index (χ4n) is 2.27. The Morgan fingerprint density at radius 3 is 2.48 bits per heavy atom. The molecule has 6 heteroatoms. The molecule has 0 bridgehead atoms. The predicted octanol–water partition coefficient (Wildman–Crippen LogP) is 3.29. The van der Waals surface area contributed by atoms with E-state index in [-0.39, 0.29) is 17.2 Å². The third-order valence-corrected chi connectivity index (χ3v) is 3.94. The monoisotopic (exact) mass is 337 g/mol. The lowest BCUT2D eigenvalue weighted by Crippen LogP contribution is -2.33. The lowest BCUT2D eigenvalue weighted by atomic mass is 10.0. The fourth-order valence-corrected chi connectivity index (χ4v) is 2.52. The molecule has 1 amide bonds. The molecular formula is C17H17ClFNO3. The zero-order valence-corrected chi connectivity index (χ0v) is 13.5. The number of carbonyl (C=O) groups is 1. The lowest BCUT2D eigenvalue weighted by molar-refractivity contribution is 0.0658. The van der Waals surface area contributed by atoms with Gasteiger partial charge in [0, 0.05) is 7.05 Å². The van der Waals surface area contributed by atoms with Crippen molar-refractivity contribution in [3.8, 4) is 5.75 Å². The molecule has 2 aromatic carbocycles. The molecule has 1 atom stereocenters. The van der Waals surface area contributed by atoms with Crippen LogP contribution in [0.15, 0.2) is 42.5 Å². The van der Waals surface area contributed by atoms with Crippen LogP contribution in [0.25, 0.3) is 0 Å². The van der Waals surface area contributed by atoms with Gasteiger partial charge in [0.25, 0.3) is 5.91 Å². The van der Waals surface area contributed by atoms with Gasteiger partial charge in [0.05, 0.1) is 30.3 Å². The molecular weight excluding hydrogens is 321 g/mol. The van der Waals surface area contributed by atoms with Gasteiger partial charge in [0.2, 0.25) is 0 Å². The topological polar surface area (TPSA) is 49.8 Å². The molecule has 0 aliphatic carbocycles. The highest BCUT2D eigenvalue weighted by atomic mass is 35.5. The third kappa shape index (κ3) is 3.81. The normalized spacial score (nSPS) is 11.9. The summed E-state index contributed by atoms with van der Waals surface area (Å²) in [6.07, 6.45) is 0. The van der Waals surface area contributed by atoms with E-state index < -0.39 is 17.8 Å². The Morgan fingerprint density at radius 1 is 1.30 bits per heavy atom. The van der Waals surface area contributed by atoms with Crippen molar-refractivity contribution in [2.24, 2.45) is 0 Å². The van der Waals surface area contributed by atoms with Crippen LogP contribution in [0.3, 0.4) is 0 Å². The highest BCUT2D eigenvalue weighted by Crippen LogP contribution is 2.25. The van der Waals surface area contributed by atoms with Gasteiger partial charge < -0.3 is 14.7 Å². The molecule has 0 saturated carbocycles. The van der Waals surface area contributed by atoms with Gasteiger partial charge in [-0.2, -0.15) is 0 Å². The van der Waals surface area contributed by atoms with Gasteiger partial charge in [-0.05, 0) is 35.9 Å². The first-order chi connectivity index (χ1) is 11.0. The van der Waals surface area contributed by atoms with Crippen LogP contribution in [0.2, 0.25) is 5.02 Å². The second-order valence-electron chi connectivity index (χ2n) is 5.01. The van der Waals surface area contributed by atoms with Crippen LogP contribution in [0.5, 0.6) is 5.75 Å². The summed E-state index contributed by atoms with van der Waals surface area (Å²) in [5.74, 6) is -0.228. The van der Waals surface area contributed by atoms with E-state index in [4.69, 9.17) is 16.3 Å². The summed E-state index contributed by atoms with van der Waals surface area (Å²) in [4.78, 5) is 13.9. The van der Waals surface area contributed by atoms with Crippen molar-refractivity contribution in [1.29, 1.82) is 0 Å². The molecule has 0 saturated heterocycles. The summed E-state index contributed by atoms with van der Waals surface area (Å²) in [6, 6.07) is 10.1. The molecule has 0 aliphatic heterocycles. The van der Waals surface area contributed by atoms with E-state index in [9.17, 15) is 14.3 Å². The van der Waals surface area contributed by atoms with Crippen molar-refractivity contribution in [2.45, 2.75) is 6.04 Å². The van der Waals surface area contributed by atoms with Crippen LogP contribution < -0.4 is 4.74 Å². The molecule has 4 nitrogen and oxygen atoms in total. The maximum atomic E-state index is 13.1. The highest BCUT2D eigenvalue weighted by Gasteiger charge is 2.24. The SMILES string of the molecule is COc1ccc([C@H](CO)N(C)C(=O)c2ccc(F)cc2Cl)cc1. The van der Waals surface area contributed by atoms with E-state index in [0.29, 0.717) is 5.75 Å². The van der Waals surface area contributed by atoms with Gasteiger partial charge >= 0.3 is 0 Å².